The fourth-order valence-corrected chi connectivity index (χ4v) is 9.70. The molecule has 0 fully saturated rings. The number of unbranched alkanes of at least 4 members (excludes halogenated alkanes) is 34. The number of esters is 2. The largest absolute Gasteiger partial charge is 0.477 e. The SMILES string of the molecule is CC/C=C\C/C=C\C/C=C\C/C=C\C/C=C\C/C=C\C/C=C\CCCCCCCCCCCCCCCC(=O)OC(COC(=O)CCCCCCCCCCCCCCCCCCCCCCCC)COC(OCC[N+](C)(C)C)C(=O)O. The van der Waals surface area contributed by atoms with Crippen LogP contribution in [0, 0.1) is 0 Å². The average Bonchev–Trinajstić information content (AvgIpc) is 3.45. The zero-order valence-electron chi connectivity index (χ0n) is 54.1. The summed E-state index contributed by atoms with van der Waals surface area (Å²) in [5, 5.41) is 9.74. The number of carboxylic acid groups (broad SMARTS) is 1. The van der Waals surface area contributed by atoms with E-state index in [1.807, 2.05) is 21.1 Å². The van der Waals surface area contributed by atoms with E-state index in [-0.39, 0.29) is 32.2 Å². The summed E-state index contributed by atoms with van der Waals surface area (Å²) in [6.45, 7) is 4.80. The van der Waals surface area contributed by atoms with E-state index in [4.69, 9.17) is 18.9 Å². The predicted molar refractivity (Wildman–Crippen MR) is 350 cm³/mol. The van der Waals surface area contributed by atoms with E-state index in [2.05, 4.69) is 98.9 Å². The first-order chi connectivity index (χ1) is 40.1. The molecule has 2 atom stereocenters. The molecule has 0 aromatic rings. The summed E-state index contributed by atoms with van der Waals surface area (Å²) in [6, 6.07) is 0. The Morgan fingerprint density at radius 1 is 0.378 bits per heavy atom. The Kier molecular flexibility index (Phi) is 60.8. The van der Waals surface area contributed by atoms with Crippen LogP contribution >= 0.6 is 0 Å². The van der Waals surface area contributed by atoms with Gasteiger partial charge < -0.3 is 28.5 Å². The fraction of sp³-hybridized carbons (Fsp3) is 0.767. The quantitative estimate of drug-likeness (QED) is 0.0211. The highest BCUT2D eigenvalue weighted by Crippen LogP contribution is 2.18. The summed E-state index contributed by atoms with van der Waals surface area (Å²) < 4.78 is 23.0. The molecule has 0 amide bonds. The van der Waals surface area contributed by atoms with E-state index < -0.39 is 24.3 Å². The summed E-state index contributed by atoms with van der Waals surface area (Å²) in [5.41, 5.74) is 0. The molecular formula is C73H130NO8+. The van der Waals surface area contributed by atoms with Gasteiger partial charge in [-0.3, -0.25) is 9.59 Å². The summed E-state index contributed by atoms with van der Waals surface area (Å²) in [6.07, 6.45) is 82.6. The molecule has 0 rings (SSSR count). The van der Waals surface area contributed by atoms with Crippen molar-refractivity contribution >= 4 is 17.9 Å². The first-order valence-corrected chi connectivity index (χ1v) is 34.3. The first-order valence-electron chi connectivity index (χ1n) is 34.3. The van der Waals surface area contributed by atoms with Gasteiger partial charge in [0.25, 0.3) is 6.29 Å². The maximum absolute atomic E-state index is 12.9. The molecule has 0 aliphatic rings. The van der Waals surface area contributed by atoms with Crippen molar-refractivity contribution in [3.05, 3.63) is 85.1 Å². The topological polar surface area (TPSA) is 108 Å². The van der Waals surface area contributed by atoms with Gasteiger partial charge in [-0.1, -0.05) is 304 Å². The van der Waals surface area contributed by atoms with E-state index in [9.17, 15) is 19.5 Å². The summed E-state index contributed by atoms with van der Waals surface area (Å²) in [4.78, 5) is 37.6. The van der Waals surface area contributed by atoms with Crippen molar-refractivity contribution in [3.8, 4) is 0 Å². The lowest BCUT2D eigenvalue weighted by molar-refractivity contribution is -0.870. The number of hydrogen-bond donors (Lipinski definition) is 1. The van der Waals surface area contributed by atoms with E-state index in [1.165, 1.54) is 193 Å². The molecule has 0 radical (unpaired) electrons. The molecule has 0 bridgehead atoms. The van der Waals surface area contributed by atoms with Crippen LogP contribution in [-0.4, -0.2) is 87.4 Å². The molecule has 474 valence electrons. The van der Waals surface area contributed by atoms with Crippen LogP contribution in [0.5, 0.6) is 0 Å². The molecule has 9 heteroatoms. The zero-order valence-corrected chi connectivity index (χ0v) is 54.1. The minimum absolute atomic E-state index is 0.181. The van der Waals surface area contributed by atoms with Crippen molar-refractivity contribution in [3.63, 3.8) is 0 Å². The van der Waals surface area contributed by atoms with E-state index in [0.717, 1.165) is 83.5 Å². The average molecular weight is 1150 g/mol. The van der Waals surface area contributed by atoms with Gasteiger partial charge in [0.2, 0.25) is 0 Å². The fourth-order valence-electron chi connectivity index (χ4n) is 9.70. The van der Waals surface area contributed by atoms with E-state index in [0.29, 0.717) is 17.4 Å². The third-order valence-corrected chi connectivity index (χ3v) is 14.9. The monoisotopic (exact) mass is 1150 g/mol. The third kappa shape index (κ3) is 64.0. The molecule has 0 aromatic heterocycles. The molecule has 9 nitrogen and oxygen atoms in total. The molecule has 82 heavy (non-hydrogen) atoms. The number of rotatable bonds is 63. The maximum Gasteiger partial charge on any atom is 0.361 e. The van der Waals surface area contributed by atoms with Gasteiger partial charge in [-0.05, 0) is 70.6 Å². The van der Waals surface area contributed by atoms with Gasteiger partial charge in [0.1, 0.15) is 13.2 Å². The van der Waals surface area contributed by atoms with Crippen molar-refractivity contribution in [2.45, 2.75) is 315 Å². The van der Waals surface area contributed by atoms with Crippen LogP contribution in [0.2, 0.25) is 0 Å². The Bertz CT molecular complexity index is 1620. The van der Waals surface area contributed by atoms with Gasteiger partial charge in [-0.25, -0.2) is 4.79 Å². The van der Waals surface area contributed by atoms with Gasteiger partial charge in [-0.2, -0.15) is 0 Å². The molecule has 0 heterocycles. The second-order valence-electron chi connectivity index (χ2n) is 24.1. The van der Waals surface area contributed by atoms with Crippen LogP contribution < -0.4 is 0 Å². The van der Waals surface area contributed by atoms with Crippen LogP contribution in [0.4, 0.5) is 0 Å². The van der Waals surface area contributed by atoms with Crippen molar-refractivity contribution < 1.29 is 42.9 Å². The number of carbonyl (C=O) groups excluding carboxylic acids is 2. The van der Waals surface area contributed by atoms with Gasteiger partial charge in [0.15, 0.2) is 6.10 Å². The number of nitrogens with zero attached hydrogens (tertiary/aromatic N) is 1. The number of quaternary nitrogens is 1. The van der Waals surface area contributed by atoms with Crippen LogP contribution in [-0.2, 0) is 33.3 Å². The number of allylic oxidation sites excluding steroid dienone is 14. The minimum Gasteiger partial charge on any atom is -0.477 e. The molecular weight excluding hydrogens is 1020 g/mol. The molecule has 0 saturated heterocycles. The van der Waals surface area contributed by atoms with E-state index >= 15 is 0 Å². The van der Waals surface area contributed by atoms with Crippen molar-refractivity contribution in [2.75, 3.05) is 47.5 Å². The van der Waals surface area contributed by atoms with Crippen molar-refractivity contribution in [1.82, 2.24) is 0 Å². The van der Waals surface area contributed by atoms with Crippen LogP contribution in [0.1, 0.15) is 303 Å². The second-order valence-corrected chi connectivity index (χ2v) is 24.1. The molecule has 0 aliphatic carbocycles. The Hall–Kier alpha value is -3.53. The predicted octanol–water partition coefficient (Wildman–Crippen LogP) is 21.1. The van der Waals surface area contributed by atoms with Gasteiger partial charge in [0.05, 0.1) is 34.4 Å². The lowest BCUT2D eigenvalue weighted by Gasteiger charge is -2.25. The van der Waals surface area contributed by atoms with Gasteiger partial charge >= 0.3 is 17.9 Å². The third-order valence-electron chi connectivity index (χ3n) is 14.9. The standard InChI is InChI=1S/C73H129NO8/c1-6-8-10-12-14-16-18-20-22-24-26-28-30-31-32-33-34-35-36-37-38-39-40-41-42-44-46-48-50-52-54-56-58-60-62-64-71(76)82-69(68-81-73(72(77)78)79-66-65-74(3,4)5)67-80-70(75)63-61-59-57-55-53-51-49-47-45-43-29-27-25-23-21-19-17-15-13-11-9-7-2/h8,10,14,16,20,22,26,28,31-32,34-35,37-38,69,73H,6-7,9,11-13,15,17-19,21,23-25,27,29-30,33,36,39-68H2,1-5H3/p+1/b10-8-,16-14-,22-20-,28-26-,32-31-,35-34-,38-37-. The second kappa shape index (κ2) is 63.5. The molecule has 0 saturated carbocycles. The lowest BCUT2D eigenvalue weighted by Crippen LogP contribution is -2.40. The number of ether oxygens (including phenoxy) is 4. The normalized spacial score (nSPS) is 13.2. The number of carbonyl (C=O) groups is 3. The summed E-state index contributed by atoms with van der Waals surface area (Å²) in [5.74, 6) is -1.99. The smallest absolute Gasteiger partial charge is 0.361 e. The van der Waals surface area contributed by atoms with Crippen LogP contribution in [0.25, 0.3) is 0 Å². The molecule has 1 N–H and O–H groups in total. The highest BCUT2D eigenvalue weighted by Gasteiger charge is 2.25. The highest BCUT2D eigenvalue weighted by atomic mass is 16.7. The summed E-state index contributed by atoms with van der Waals surface area (Å²) in [7, 11) is 5.98. The maximum atomic E-state index is 12.9. The number of carboxylic acids is 1. The molecule has 0 aromatic carbocycles. The van der Waals surface area contributed by atoms with Crippen LogP contribution in [0.15, 0.2) is 85.1 Å². The highest BCUT2D eigenvalue weighted by molar-refractivity contribution is 5.71. The number of aliphatic carboxylic acids is 1. The van der Waals surface area contributed by atoms with E-state index in [1.54, 1.807) is 0 Å². The Morgan fingerprint density at radius 2 is 0.695 bits per heavy atom. The minimum atomic E-state index is -1.51. The Morgan fingerprint density at radius 3 is 1.04 bits per heavy atom. The number of likely N-dealkylation sites (N-methyl/N-ethyl adjacent to an activating group) is 1. The Balaban J connectivity index is 4.12. The number of hydrogen-bond acceptors (Lipinski definition) is 7. The molecule has 0 spiro atoms. The van der Waals surface area contributed by atoms with Crippen molar-refractivity contribution in [1.29, 1.82) is 0 Å². The summed E-state index contributed by atoms with van der Waals surface area (Å²) >= 11 is 0. The molecule has 0 aliphatic heterocycles. The van der Waals surface area contributed by atoms with Crippen molar-refractivity contribution in [2.24, 2.45) is 0 Å². The van der Waals surface area contributed by atoms with Crippen LogP contribution in [0.3, 0.4) is 0 Å². The molecule has 2 unspecified atom stereocenters. The Labute approximate surface area is 506 Å². The lowest BCUT2D eigenvalue weighted by atomic mass is 10.0. The zero-order chi connectivity index (χ0) is 59.8. The first kappa shape index (κ1) is 78.5. The van der Waals surface area contributed by atoms with Gasteiger partial charge in [0, 0.05) is 12.8 Å². The van der Waals surface area contributed by atoms with Gasteiger partial charge in [-0.15, -0.1) is 0 Å².